The number of benzene rings is 2. The van der Waals surface area contributed by atoms with Gasteiger partial charge in [-0.3, -0.25) is 0 Å². The van der Waals surface area contributed by atoms with Gasteiger partial charge in [0.15, 0.2) is 11.6 Å². The first kappa shape index (κ1) is 19.0. The number of amides is 2. The molecule has 0 bridgehead atoms. The number of hydrogen-bond acceptors (Lipinski definition) is 3. The number of hydrogen-bond donors (Lipinski definition) is 3. The van der Waals surface area contributed by atoms with Crippen molar-refractivity contribution in [2.45, 2.75) is 6.10 Å². The predicted octanol–water partition coefficient (Wildman–Crippen LogP) is 3.03. The molecule has 0 saturated heterocycles. The van der Waals surface area contributed by atoms with E-state index in [0.717, 1.165) is 12.1 Å². The second-order valence-corrected chi connectivity index (χ2v) is 5.56. The molecule has 8 heteroatoms. The number of urea groups is 1. The highest BCUT2D eigenvalue weighted by Gasteiger charge is 2.09. The quantitative estimate of drug-likeness (QED) is 0.656. The van der Waals surface area contributed by atoms with E-state index in [1.54, 1.807) is 24.3 Å². The summed E-state index contributed by atoms with van der Waals surface area (Å²) in [6, 6.07) is 9.33. The fourth-order valence-electron chi connectivity index (χ4n) is 1.95. The molecule has 0 spiro atoms. The Labute approximate surface area is 148 Å². The van der Waals surface area contributed by atoms with Crippen molar-refractivity contribution < 1.29 is 23.4 Å². The van der Waals surface area contributed by atoms with Crippen LogP contribution in [0.15, 0.2) is 42.5 Å². The summed E-state index contributed by atoms with van der Waals surface area (Å²) in [6.07, 6.45) is -0.860. The molecular weight excluding hydrogens is 354 g/mol. The highest BCUT2D eigenvalue weighted by molar-refractivity contribution is 6.30. The first-order chi connectivity index (χ1) is 12.0. The third-order valence-electron chi connectivity index (χ3n) is 3.26. The van der Waals surface area contributed by atoms with Crippen molar-refractivity contribution in [2.75, 3.05) is 19.7 Å². The first-order valence-corrected chi connectivity index (χ1v) is 7.86. The molecule has 5 nitrogen and oxygen atoms in total. The largest absolute Gasteiger partial charge is 0.492 e. The van der Waals surface area contributed by atoms with E-state index in [0.29, 0.717) is 10.6 Å². The Morgan fingerprint density at radius 1 is 1.12 bits per heavy atom. The van der Waals surface area contributed by atoms with E-state index in [9.17, 15) is 18.7 Å². The minimum atomic E-state index is -1.00. The molecule has 2 aromatic rings. The number of aliphatic hydroxyl groups is 1. The van der Waals surface area contributed by atoms with Gasteiger partial charge < -0.3 is 20.5 Å². The average Bonchev–Trinajstić information content (AvgIpc) is 2.60. The number of aliphatic hydroxyl groups excluding tert-OH is 1. The normalized spacial score (nSPS) is 11.7. The average molecular weight is 371 g/mol. The molecule has 0 aliphatic heterocycles. The van der Waals surface area contributed by atoms with Crippen LogP contribution >= 0.6 is 11.6 Å². The molecule has 2 rings (SSSR count). The number of halogens is 3. The Kier molecular flexibility index (Phi) is 6.97. The van der Waals surface area contributed by atoms with Crippen LogP contribution in [0, 0.1) is 11.6 Å². The second-order valence-electron chi connectivity index (χ2n) is 5.13. The van der Waals surface area contributed by atoms with Crippen LogP contribution in [-0.2, 0) is 0 Å². The molecular formula is C17H17ClF2N2O3. The molecule has 0 radical (unpaired) electrons. The van der Waals surface area contributed by atoms with Crippen molar-refractivity contribution in [2.24, 2.45) is 0 Å². The van der Waals surface area contributed by atoms with Crippen LogP contribution < -0.4 is 15.4 Å². The summed E-state index contributed by atoms with van der Waals surface area (Å²) < 4.78 is 30.9. The smallest absolute Gasteiger partial charge is 0.315 e. The zero-order valence-corrected chi connectivity index (χ0v) is 13.9. The predicted molar refractivity (Wildman–Crippen MR) is 89.7 cm³/mol. The zero-order chi connectivity index (χ0) is 18.2. The van der Waals surface area contributed by atoms with Gasteiger partial charge in [-0.1, -0.05) is 23.7 Å². The van der Waals surface area contributed by atoms with Crippen LogP contribution in [0.2, 0.25) is 5.02 Å². The van der Waals surface area contributed by atoms with Gasteiger partial charge in [-0.15, -0.1) is 0 Å². The van der Waals surface area contributed by atoms with Gasteiger partial charge in [-0.2, -0.15) is 0 Å². The van der Waals surface area contributed by atoms with E-state index in [1.165, 1.54) is 6.07 Å². The van der Waals surface area contributed by atoms with Crippen LogP contribution in [0.5, 0.6) is 5.75 Å². The molecule has 0 aliphatic rings. The summed E-state index contributed by atoms with van der Waals surface area (Å²) in [5.74, 6) is -1.79. The summed E-state index contributed by atoms with van der Waals surface area (Å²) in [5, 5.41) is 15.5. The monoisotopic (exact) mass is 370 g/mol. The highest BCUT2D eigenvalue weighted by Crippen LogP contribution is 2.16. The third kappa shape index (κ3) is 6.21. The molecule has 2 amide bonds. The summed E-state index contributed by atoms with van der Waals surface area (Å²) in [7, 11) is 0. The van der Waals surface area contributed by atoms with Gasteiger partial charge in [-0.05, 0) is 29.8 Å². The molecule has 0 aromatic heterocycles. The molecule has 1 unspecified atom stereocenters. The number of nitrogens with one attached hydrogen (secondary N) is 2. The number of ether oxygens (including phenoxy) is 1. The van der Waals surface area contributed by atoms with E-state index >= 15 is 0 Å². The van der Waals surface area contributed by atoms with Crippen LogP contribution in [0.1, 0.15) is 11.7 Å². The molecule has 134 valence electrons. The fourth-order valence-corrected chi connectivity index (χ4v) is 2.08. The van der Waals surface area contributed by atoms with Gasteiger partial charge in [-0.25, -0.2) is 13.6 Å². The van der Waals surface area contributed by atoms with Crippen molar-refractivity contribution in [3.05, 3.63) is 64.7 Å². The van der Waals surface area contributed by atoms with Crippen molar-refractivity contribution in [1.82, 2.24) is 10.6 Å². The van der Waals surface area contributed by atoms with Gasteiger partial charge >= 0.3 is 6.03 Å². The van der Waals surface area contributed by atoms with Crippen LogP contribution in [0.25, 0.3) is 0 Å². The van der Waals surface area contributed by atoms with Gasteiger partial charge in [0.25, 0.3) is 0 Å². The van der Waals surface area contributed by atoms with E-state index in [1.807, 2.05) is 0 Å². The van der Waals surface area contributed by atoms with Crippen molar-refractivity contribution in [3.63, 3.8) is 0 Å². The molecule has 3 N–H and O–H groups in total. The topological polar surface area (TPSA) is 70.6 Å². The Bertz CT molecular complexity index is 714. The van der Waals surface area contributed by atoms with E-state index in [2.05, 4.69) is 10.6 Å². The number of carbonyl (C=O) groups is 1. The van der Waals surface area contributed by atoms with Gasteiger partial charge in [0.1, 0.15) is 12.4 Å². The van der Waals surface area contributed by atoms with Gasteiger partial charge in [0.05, 0.1) is 12.6 Å². The highest BCUT2D eigenvalue weighted by atomic mass is 35.5. The lowest BCUT2D eigenvalue weighted by atomic mass is 10.1. The lowest BCUT2D eigenvalue weighted by Crippen LogP contribution is -2.39. The van der Waals surface area contributed by atoms with E-state index < -0.39 is 23.8 Å². The molecule has 0 heterocycles. The van der Waals surface area contributed by atoms with Crippen molar-refractivity contribution >= 4 is 17.6 Å². The summed E-state index contributed by atoms with van der Waals surface area (Å²) in [5.41, 5.74) is 0.631. The molecule has 1 atom stereocenters. The Morgan fingerprint density at radius 2 is 1.84 bits per heavy atom. The maximum Gasteiger partial charge on any atom is 0.315 e. The Balaban J connectivity index is 1.65. The zero-order valence-electron chi connectivity index (χ0n) is 13.1. The summed E-state index contributed by atoms with van der Waals surface area (Å²) in [6.45, 7) is 0.262. The Morgan fingerprint density at radius 3 is 2.52 bits per heavy atom. The maximum atomic E-state index is 13.0. The summed E-state index contributed by atoms with van der Waals surface area (Å²) in [4.78, 5) is 11.6. The first-order valence-electron chi connectivity index (χ1n) is 7.49. The van der Waals surface area contributed by atoms with Crippen molar-refractivity contribution in [3.8, 4) is 5.75 Å². The minimum absolute atomic E-state index is 0.0253. The molecule has 0 saturated carbocycles. The van der Waals surface area contributed by atoms with E-state index in [-0.39, 0.29) is 25.4 Å². The van der Waals surface area contributed by atoms with E-state index in [4.69, 9.17) is 16.3 Å². The second kappa shape index (κ2) is 9.19. The fraction of sp³-hybridized carbons (Fsp3) is 0.235. The molecule has 2 aromatic carbocycles. The van der Waals surface area contributed by atoms with Crippen molar-refractivity contribution in [1.29, 1.82) is 0 Å². The third-order valence-corrected chi connectivity index (χ3v) is 3.51. The minimum Gasteiger partial charge on any atom is -0.492 e. The van der Waals surface area contributed by atoms with Gasteiger partial charge in [0, 0.05) is 17.6 Å². The van der Waals surface area contributed by atoms with Crippen LogP contribution in [0.4, 0.5) is 13.6 Å². The lowest BCUT2D eigenvalue weighted by molar-refractivity contribution is 0.172. The summed E-state index contributed by atoms with van der Waals surface area (Å²) >= 11 is 5.76. The lowest BCUT2D eigenvalue weighted by Gasteiger charge is -2.13. The van der Waals surface area contributed by atoms with Gasteiger partial charge in [0.2, 0.25) is 0 Å². The molecule has 0 aliphatic carbocycles. The number of rotatable bonds is 7. The number of carbonyl (C=O) groups excluding carboxylic acids is 1. The standard InChI is InChI=1S/C17H17ClF2N2O3/c18-12-3-1-11(2-4-12)16(23)10-22-17(24)21-7-8-25-13-5-6-14(19)15(20)9-13/h1-6,9,16,23H,7-8,10H2,(H2,21,22,24). The van der Waals surface area contributed by atoms with Crippen LogP contribution in [-0.4, -0.2) is 30.8 Å². The SMILES string of the molecule is O=C(NCCOc1ccc(F)c(F)c1)NCC(O)c1ccc(Cl)cc1. The Hall–Kier alpha value is -2.38. The maximum absolute atomic E-state index is 13.0. The molecule has 25 heavy (non-hydrogen) atoms. The molecule has 0 fully saturated rings. The van der Waals surface area contributed by atoms with Crippen LogP contribution in [0.3, 0.4) is 0 Å².